The maximum Gasteiger partial charge on any atom is 0.354 e. The number of nitrogens with one attached hydrogen (secondary N) is 2. The van der Waals surface area contributed by atoms with E-state index in [9.17, 15) is 13.2 Å². The first-order valence-electron chi connectivity index (χ1n) is 6.14. The number of carbonyl (C=O) groups is 1. The van der Waals surface area contributed by atoms with Gasteiger partial charge in [-0.1, -0.05) is 13.0 Å². The molecule has 112 valence electrons. The van der Waals surface area contributed by atoms with Crippen LogP contribution in [0.1, 0.15) is 28.8 Å². The number of hydrogen-bond donors (Lipinski definition) is 3. The molecule has 0 saturated carbocycles. The van der Waals surface area contributed by atoms with Crippen molar-refractivity contribution < 1.29 is 18.3 Å². The Bertz CT molecular complexity index is 737. The van der Waals surface area contributed by atoms with Crippen LogP contribution in [0.15, 0.2) is 29.6 Å². The van der Waals surface area contributed by atoms with Gasteiger partial charge in [0.2, 0.25) is 0 Å². The third-order valence-electron chi connectivity index (χ3n) is 2.74. The number of carboxylic acids is 1. The SMILES string of the molecule is CCc1ncc(S(=O)(=O)NCc2ccc(C(=O)O)nc2)[nH]1. The second kappa shape index (κ2) is 6.02. The van der Waals surface area contributed by atoms with E-state index in [1.165, 1.54) is 24.5 Å². The van der Waals surface area contributed by atoms with Crippen LogP contribution in [-0.2, 0) is 23.0 Å². The normalized spacial score (nSPS) is 11.5. The van der Waals surface area contributed by atoms with E-state index in [1.54, 1.807) is 0 Å². The third-order valence-corrected chi connectivity index (χ3v) is 4.05. The topological polar surface area (TPSA) is 125 Å². The molecule has 0 amide bonds. The predicted octanol–water partition coefficient (Wildman–Crippen LogP) is 0.544. The summed E-state index contributed by atoms with van der Waals surface area (Å²) in [5, 5.41) is 8.72. The Morgan fingerprint density at radius 2 is 2.10 bits per heavy atom. The van der Waals surface area contributed by atoms with Crippen LogP contribution < -0.4 is 4.72 Å². The van der Waals surface area contributed by atoms with E-state index in [4.69, 9.17) is 5.11 Å². The molecule has 0 bridgehead atoms. The van der Waals surface area contributed by atoms with Crippen molar-refractivity contribution in [2.24, 2.45) is 0 Å². The number of sulfonamides is 1. The van der Waals surface area contributed by atoms with E-state index in [0.717, 1.165) is 0 Å². The Kier molecular flexibility index (Phi) is 4.34. The van der Waals surface area contributed by atoms with Crippen molar-refractivity contribution in [1.82, 2.24) is 19.7 Å². The number of H-pyrrole nitrogens is 1. The number of hydrogen-bond acceptors (Lipinski definition) is 5. The second-order valence-corrected chi connectivity index (χ2v) is 5.96. The van der Waals surface area contributed by atoms with Crippen molar-refractivity contribution in [3.8, 4) is 0 Å². The molecule has 0 spiro atoms. The van der Waals surface area contributed by atoms with Crippen LogP contribution in [0.25, 0.3) is 0 Å². The summed E-state index contributed by atoms with van der Waals surface area (Å²) >= 11 is 0. The lowest BCUT2D eigenvalue weighted by Gasteiger charge is -2.04. The Balaban J connectivity index is 2.06. The molecule has 2 aromatic rings. The molecule has 21 heavy (non-hydrogen) atoms. The van der Waals surface area contributed by atoms with Crippen LogP contribution in [0.5, 0.6) is 0 Å². The van der Waals surface area contributed by atoms with E-state index in [-0.39, 0.29) is 17.3 Å². The summed E-state index contributed by atoms with van der Waals surface area (Å²) in [7, 11) is -3.69. The zero-order valence-electron chi connectivity index (χ0n) is 11.2. The van der Waals surface area contributed by atoms with Crippen molar-refractivity contribution >= 4 is 16.0 Å². The van der Waals surface area contributed by atoms with Gasteiger partial charge in [-0.05, 0) is 11.6 Å². The molecule has 8 nitrogen and oxygen atoms in total. The molecule has 0 aliphatic carbocycles. The molecule has 2 heterocycles. The minimum atomic E-state index is -3.69. The van der Waals surface area contributed by atoms with Gasteiger partial charge in [-0.3, -0.25) is 0 Å². The number of rotatable bonds is 6. The summed E-state index contributed by atoms with van der Waals surface area (Å²) in [5.74, 6) is -0.547. The Hall–Kier alpha value is -2.26. The van der Waals surface area contributed by atoms with Gasteiger partial charge in [-0.2, -0.15) is 0 Å². The molecule has 0 aromatic carbocycles. The molecular weight excluding hydrogens is 296 g/mol. The second-order valence-electron chi connectivity index (χ2n) is 4.23. The van der Waals surface area contributed by atoms with E-state index >= 15 is 0 Å². The number of nitrogens with zero attached hydrogens (tertiary/aromatic N) is 2. The minimum Gasteiger partial charge on any atom is -0.477 e. The highest BCUT2D eigenvalue weighted by Crippen LogP contribution is 2.07. The highest BCUT2D eigenvalue weighted by atomic mass is 32.2. The summed E-state index contributed by atoms with van der Waals surface area (Å²) in [5.41, 5.74) is 0.460. The number of aryl methyl sites for hydroxylation is 1. The molecule has 0 aliphatic heterocycles. The lowest BCUT2D eigenvalue weighted by molar-refractivity contribution is 0.0690. The first kappa shape index (κ1) is 15.1. The van der Waals surface area contributed by atoms with Crippen LogP contribution in [0.2, 0.25) is 0 Å². The standard InChI is InChI=1S/C12H14N4O4S/c1-2-10-14-7-11(16-10)21(19,20)15-6-8-3-4-9(12(17)18)13-5-8/h3-5,7,15H,2,6H2,1H3,(H,14,16)(H,17,18). The first-order valence-corrected chi connectivity index (χ1v) is 7.62. The zero-order chi connectivity index (χ0) is 15.5. The molecule has 0 saturated heterocycles. The van der Waals surface area contributed by atoms with Gasteiger partial charge in [-0.25, -0.2) is 27.9 Å². The highest BCUT2D eigenvalue weighted by molar-refractivity contribution is 7.89. The van der Waals surface area contributed by atoms with Gasteiger partial charge in [0.1, 0.15) is 11.5 Å². The van der Waals surface area contributed by atoms with Gasteiger partial charge in [0.15, 0.2) is 5.03 Å². The monoisotopic (exact) mass is 310 g/mol. The summed E-state index contributed by atoms with van der Waals surface area (Å²) < 4.78 is 26.4. The Morgan fingerprint density at radius 1 is 1.33 bits per heavy atom. The van der Waals surface area contributed by atoms with Gasteiger partial charge >= 0.3 is 5.97 Å². The molecule has 0 unspecified atom stereocenters. The van der Waals surface area contributed by atoms with Crippen molar-refractivity contribution in [2.75, 3.05) is 0 Å². The van der Waals surface area contributed by atoms with Crippen molar-refractivity contribution in [1.29, 1.82) is 0 Å². The lowest BCUT2D eigenvalue weighted by atomic mass is 10.2. The van der Waals surface area contributed by atoms with Gasteiger partial charge in [0.05, 0.1) is 6.20 Å². The van der Waals surface area contributed by atoms with E-state index in [2.05, 4.69) is 19.7 Å². The van der Waals surface area contributed by atoms with E-state index in [1.807, 2.05) is 6.92 Å². The largest absolute Gasteiger partial charge is 0.477 e. The van der Waals surface area contributed by atoms with Crippen molar-refractivity contribution in [2.45, 2.75) is 24.9 Å². The number of carboxylic acid groups (broad SMARTS) is 1. The molecule has 0 fully saturated rings. The van der Waals surface area contributed by atoms with Crippen LogP contribution in [0.3, 0.4) is 0 Å². The van der Waals surface area contributed by atoms with Gasteiger partial charge in [0.25, 0.3) is 10.0 Å². The summed E-state index contributed by atoms with van der Waals surface area (Å²) in [6, 6.07) is 2.82. The molecule has 2 rings (SSSR count). The average molecular weight is 310 g/mol. The van der Waals surface area contributed by atoms with Crippen LogP contribution in [0, 0.1) is 0 Å². The van der Waals surface area contributed by atoms with Gasteiger partial charge < -0.3 is 10.1 Å². The molecule has 0 aliphatic rings. The molecule has 0 atom stereocenters. The molecular formula is C12H14N4O4S. The average Bonchev–Trinajstić information content (AvgIpc) is 2.95. The minimum absolute atomic E-state index is 0.00512. The van der Waals surface area contributed by atoms with Crippen molar-refractivity contribution in [3.05, 3.63) is 41.6 Å². The van der Waals surface area contributed by atoms with Gasteiger partial charge in [-0.15, -0.1) is 0 Å². The molecule has 9 heteroatoms. The smallest absolute Gasteiger partial charge is 0.354 e. The van der Waals surface area contributed by atoms with Crippen LogP contribution in [-0.4, -0.2) is 34.4 Å². The Morgan fingerprint density at radius 3 is 2.62 bits per heavy atom. The fourth-order valence-electron chi connectivity index (χ4n) is 1.57. The summed E-state index contributed by atoms with van der Waals surface area (Å²) in [6.45, 7) is 1.87. The molecule has 3 N–H and O–H groups in total. The summed E-state index contributed by atoms with van der Waals surface area (Å²) in [6.07, 6.45) is 3.18. The zero-order valence-corrected chi connectivity index (χ0v) is 12.0. The Labute approximate surface area is 121 Å². The quantitative estimate of drug-likeness (QED) is 0.715. The van der Waals surface area contributed by atoms with Crippen LogP contribution in [0.4, 0.5) is 0 Å². The fraction of sp³-hybridized carbons (Fsp3) is 0.250. The van der Waals surface area contributed by atoms with E-state index in [0.29, 0.717) is 17.8 Å². The first-order chi connectivity index (χ1) is 9.92. The predicted molar refractivity (Wildman–Crippen MR) is 73.2 cm³/mol. The fourth-order valence-corrected chi connectivity index (χ4v) is 2.53. The molecule has 0 radical (unpaired) electrons. The van der Waals surface area contributed by atoms with Crippen LogP contribution >= 0.6 is 0 Å². The number of imidazole rings is 1. The van der Waals surface area contributed by atoms with E-state index < -0.39 is 16.0 Å². The highest BCUT2D eigenvalue weighted by Gasteiger charge is 2.16. The van der Waals surface area contributed by atoms with Gasteiger partial charge in [0, 0.05) is 19.2 Å². The third kappa shape index (κ3) is 3.64. The molecule has 2 aromatic heterocycles. The summed E-state index contributed by atoms with van der Waals surface area (Å²) in [4.78, 5) is 21.0. The maximum atomic E-state index is 12.0. The van der Waals surface area contributed by atoms with Crippen molar-refractivity contribution in [3.63, 3.8) is 0 Å². The lowest BCUT2D eigenvalue weighted by Crippen LogP contribution is -2.23. The number of pyridine rings is 1. The number of aromatic amines is 1. The number of aromatic nitrogens is 3. The maximum absolute atomic E-state index is 12.0. The number of aromatic carboxylic acids is 1.